The van der Waals surface area contributed by atoms with Gasteiger partial charge in [0.2, 0.25) is 0 Å². The molecular formula is C13H9N3O4. The second-order valence-corrected chi connectivity index (χ2v) is 4.26. The molecule has 0 atom stereocenters. The van der Waals surface area contributed by atoms with Gasteiger partial charge in [0.25, 0.3) is 5.56 Å². The van der Waals surface area contributed by atoms with Crippen LogP contribution in [0.15, 0.2) is 35.1 Å². The van der Waals surface area contributed by atoms with Crippen molar-refractivity contribution in [3.05, 3.63) is 46.5 Å². The number of aliphatic carboxylic acids is 1. The lowest BCUT2D eigenvalue weighted by molar-refractivity contribution is -0.138. The zero-order chi connectivity index (χ0) is 14.3. The van der Waals surface area contributed by atoms with Gasteiger partial charge in [-0.3, -0.25) is 18.8 Å². The Morgan fingerprint density at radius 2 is 2.05 bits per heavy atom. The third kappa shape index (κ3) is 1.68. The van der Waals surface area contributed by atoms with E-state index in [0.717, 1.165) is 10.1 Å². The summed E-state index contributed by atoms with van der Waals surface area (Å²) in [5, 5.41) is 13.4. The Morgan fingerprint density at radius 3 is 2.75 bits per heavy atom. The molecule has 0 unspecified atom stereocenters. The summed E-state index contributed by atoms with van der Waals surface area (Å²) in [6.45, 7) is -0.586. The number of hydrogen-bond acceptors (Lipinski definition) is 4. The molecule has 3 aromatic rings. The maximum Gasteiger partial charge on any atom is 0.325 e. The number of para-hydroxylation sites is 1. The van der Waals surface area contributed by atoms with Crippen LogP contribution in [0.4, 0.5) is 0 Å². The number of carbonyl (C=O) groups excluding carboxylic acids is 1. The molecule has 0 spiro atoms. The lowest BCUT2D eigenvalue weighted by Gasteiger charge is -2.05. The van der Waals surface area contributed by atoms with Gasteiger partial charge in [0.1, 0.15) is 12.1 Å². The monoisotopic (exact) mass is 271 g/mol. The van der Waals surface area contributed by atoms with Crippen LogP contribution in [-0.2, 0) is 11.3 Å². The van der Waals surface area contributed by atoms with E-state index in [1.807, 2.05) is 6.07 Å². The van der Waals surface area contributed by atoms with Crippen LogP contribution in [0, 0.1) is 0 Å². The Balaban J connectivity index is 2.47. The van der Waals surface area contributed by atoms with E-state index < -0.39 is 18.1 Å². The summed E-state index contributed by atoms with van der Waals surface area (Å²) in [4.78, 5) is 34.1. The molecule has 3 rings (SSSR count). The molecule has 7 nitrogen and oxygen atoms in total. The maximum absolute atomic E-state index is 12.2. The van der Waals surface area contributed by atoms with Gasteiger partial charge in [0.05, 0.1) is 5.52 Å². The van der Waals surface area contributed by atoms with Crippen molar-refractivity contribution in [3.8, 4) is 0 Å². The summed E-state index contributed by atoms with van der Waals surface area (Å²) in [5.74, 6) is -1.21. The highest BCUT2D eigenvalue weighted by molar-refractivity contribution is 5.89. The van der Waals surface area contributed by atoms with Crippen molar-refractivity contribution in [2.45, 2.75) is 6.54 Å². The van der Waals surface area contributed by atoms with Gasteiger partial charge in [0, 0.05) is 5.39 Å². The van der Waals surface area contributed by atoms with Gasteiger partial charge in [0.15, 0.2) is 12.1 Å². The van der Waals surface area contributed by atoms with Crippen LogP contribution < -0.4 is 5.56 Å². The van der Waals surface area contributed by atoms with E-state index in [9.17, 15) is 14.4 Å². The number of hydrogen-bond donors (Lipinski definition) is 1. The van der Waals surface area contributed by atoms with Crippen molar-refractivity contribution in [2.75, 3.05) is 0 Å². The van der Waals surface area contributed by atoms with Crippen LogP contribution in [0.2, 0.25) is 0 Å². The topological polar surface area (TPSA) is 93.7 Å². The Labute approximate surface area is 111 Å². The van der Waals surface area contributed by atoms with Crippen LogP contribution >= 0.6 is 0 Å². The third-order valence-electron chi connectivity index (χ3n) is 3.01. The molecule has 0 aliphatic carbocycles. The molecule has 0 aliphatic heterocycles. The SMILES string of the molecule is O=Cc1nn(CC(=O)O)c(=O)c2cc3ccccc3n12. The van der Waals surface area contributed by atoms with E-state index >= 15 is 0 Å². The van der Waals surface area contributed by atoms with Crippen molar-refractivity contribution in [1.82, 2.24) is 14.2 Å². The average Bonchev–Trinajstić information content (AvgIpc) is 2.81. The van der Waals surface area contributed by atoms with Crippen LogP contribution in [0.25, 0.3) is 16.4 Å². The molecule has 0 aliphatic rings. The van der Waals surface area contributed by atoms with Crippen LogP contribution in [-0.4, -0.2) is 31.5 Å². The molecule has 0 amide bonds. The summed E-state index contributed by atoms with van der Waals surface area (Å²) in [5.41, 5.74) is 0.357. The first kappa shape index (κ1) is 12.1. The van der Waals surface area contributed by atoms with Gasteiger partial charge in [-0.05, 0) is 12.1 Å². The quantitative estimate of drug-likeness (QED) is 0.702. The largest absolute Gasteiger partial charge is 0.480 e. The molecule has 1 N–H and O–H groups in total. The number of rotatable bonds is 3. The van der Waals surface area contributed by atoms with E-state index in [-0.39, 0.29) is 11.3 Å². The minimum absolute atomic E-state index is 0.0120. The first-order valence-corrected chi connectivity index (χ1v) is 5.80. The number of nitrogens with zero attached hydrogens (tertiary/aromatic N) is 3. The standard InChI is InChI=1S/C13H9N3O4/c17-7-11-14-15(6-12(18)19)13(20)10-5-8-3-1-2-4-9(8)16(10)11/h1-5,7H,6H2,(H,18,19). The van der Waals surface area contributed by atoms with E-state index in [1.54, 1.807) is 24.3 Å². The highest BCUT2D eigenvalue weighted by Crippen LogP contribution is 2.18. The van der Waals surface area contributed by atoms with E-state index in [0.29, 0.717) is 11.8 Å². The second kappa shape index (κ2) is 4.30. The molecular weight excluding hydrogens is 262 g/mol. The normalized spacial score (nSPS) is 11.0. The maximum atomic E-state index is 12.2. The first-order chi connectivity index (χ1) is 9.61. The van der Waals surface area contributed by atoms with Crippen LogP contribution in [0.1, 0.15) is 10.6 Å². The van der Waals surface area contributed by atoms with Gasteiger partial charge in [-0.1, -0.05) is 18.2 Å². The predicted octanol–water partition coefficient (Wildman–Crippen LogP) is 0.546. The lowest BCUT2D eigenvalue weighted by atomic mass is 10.2. The molecule has 0 fully saturated rings. The van der Waals surface area contributed by atoms with Gasteiger partial charge >= 0.3 is 5.97 Å². The summed E-state index contributed by atoms with van der Waals surface area (Å²) in [6.07, 6.45) is 0.497. The summed E-state index contributed by atoms with van der Waals surface area (Å²) < 4.78 is 2.21. The molecule has 0 saturated heterocycles. The lowest BCUT2D eigenvalue weighted by Crippen LogP contribution is -2.29. The molecule has 0 radical (unpaired) electrons. The third-order valence-corrected chi connectivity index (χ3v) is 3.01. The molecule has 0 bridgehead atoms. The second-order valence-electron chi connectivity index (χ2n) is 4.26. The van der Waals surface area contributed by atoms with Gasteiger partial charge in [-0.25, -0.2) is 4.68 Å². The summed E-state index contributed by atoms with van der Waals surface area (Å²) >= 11 is 0. The Kier molecular flexibility index (Phi) is 2.60. The van der Waals surface area contributed by atoms with Crippen molar-refractivity contribution >= 4 is 28.7 Å². The molecule has 2 aromatic heterocycles. The number of carbonyl (C=O) groups is 2. The van der Waals surface area contributed by atoms with Crippen LogP contribution in [0.3, 0.4) is 0 Å². The molecule has 1 aromatic carbocycles. The number of fused-ring (bicyclic) bond motifs is 3. The smallest absolute Gasteiger partial charge is 0.325 e. The van der Waals surface area contributed by atoms with Crippen molar-refractivity contribution < 1.29 is 14.7 Å². The fraction of sp³-hybridized carbons (Fsp3) is 0.0769. The van der Waals surface area contributed by atoms with E-state index in [4.69, 9.17) is 5.11 Å². The van der Waals surface area contributed by atoms with Gasteiger partial charge in [-0.2, -0.15) is 0 Å². The molecule has 2 heterocycles. The Hall–Kier alpha value is -2.96. The van der Waals surface area contributed by atoms with E-state index in [2.05, 4.69) is 5.10 Å². The minimum Gasteiger partial charge on any atom is -0.480 e. The fourth-order valence-corrected chi connectivity index (χ4v) is 2.22. The Bertz CT molecular complexity index is 907. The van der Waals surface area contributed by atoms with Gasteiger partial charge < -0.3 is 5.11 Å². The van der Waals surface area contributed by atoms with Crippen molar-refractivity contribution in [3.63, 3.8) is 0 Å². The van der Waals surface area contributed by atoms with Gasteiger partial charge in [-0.15, -0.1) is 5.10 Å². The van der Waals surface area contributed by atoms with Crippen LogP contribution in [0.5, 0.6) is 0 Å². The van der Waals surface area contributed by atoms with E-state index in [1.165, 1.54) is 4.40 Å². The van der Waals surface area contributed by atoms with Crippen molar-refractivity contribution in [2.24, 2.45) is 0 Å². The number of benzene rings is 1. The number of aldehydes is 1. The highest BCUT2D eigenvalue weighted by atomic mass is 16.4. The summed E-state index contributed by atoms with van der Waals surface area (Å²) in [6, 6.07) is 8.78. The zero-order valence-electron chi connectivity index (χ0n) is 10.2. The average molecular weight is 271 g/mol. The molecule has 7 heteroatoms. The van der Waals surface area contributed by atoms with Crippen molar-refractivity contribution in [1.29, 1.82) is 0 Å². The highest BCUT2D eigenvalue weighted by Gasteiger charge is 2.14. The Morgan fingerprint density at radius 1 is 1.30 bits per heavy atom. The minimum atomic E-state index is -1.20. The zero-order valence-corrected chi connectivity index (χ0v) is 10.2. The fourth-order valence-electron chi connectivity index (χ4n) is 2.22. The molecule has 0 saturated carbocycles. The number of aromatic nitrogens is 3. The molecule has 20 heavy (non-hydrogen) atoms. The number of carboxylic acid groups (broad SMARTS) is 1. The first-order valence-electron chi connectivity index (χ1n) is 5.80. The predicted molar refractivity (Wildman–Crippen MR) is 70.0 cm³/mol. The number of carboxylic acids is 1. The molecule has 100 valence electrons. The summed E-state index contributed by atoms with van der Waals surface area (Å²) in [7, 11) is 0.